The molecule has 6 heteroatoms. The number of nitrogens with zero attached hydrogens (tertiary/aromatic N) is 3. The van der Waals surface area contributed by atoms with Gasteiger partial charge in [-0.25, -0.2) is 0 Å². The minimum Gasteiger partial charge on any atom is -0.489 e. The van der Waals surface area contributed by atoms with E-state index in [-0.39, 0.29) is 11.9 Å². The van der Waals surface area contributed by atoms with E-state index in [4.69, 9.17) is 9.26 Å². The molecule has 1 aromatic heterocycles. The van der Waals surface area contributed by atoms with E-state index in [1.54, 1.807) is 0 Å². The molecule has 1 aliphatic heterocycles. The van der Waals surface area contributed by atoms with E-state index in [9.17, 15) is 4.79 Å². The van der Waals surface area contributed by atoms with Crippen LogP contribution in [0.4, 0.5) is 0 Å². The van der Waals surface area contributed by atoms with Crippen LogP contribution >= 0.6 is 0 Å². The molecule has 0 aliphatic carbocycles. The SMILES string of the molecule is Cc1ccc(CN2C(=O)CCC2c2nc(-c3ccc(OCc4ccccc4)cc3)no2)cc1C. The van der Waals surface area contributed by atoms with Gasteiger partial charge in [0.25, 0.3) is 0 Å². The highest BCUT2D eigenvalue weighted by atomic mass is 16.5. The van der Waals surface area contributed by atoms with Crippen LogP contribution in [0.3, 0.4) is 0 Å². The van der Waals surface area contributed by atoms with Gasteiger partial charge >= 0.3 is 0 Å². The quantitative estimate of drug-likeness (QED) is 0.354. The summed E-state index contributed by atoms with van der Waals surface area (Å²) in [6.45, 7) is 5.23. The number of carbonyl (C=O) groups excluding carboxylic acids is 1. The van der Waals surface area contributed by atoms with E-state index in [0.29, 0.717) is 37.7 Å². The predicted octanol–water partition coefficient (Wildman–Crippen LogP) is 5.80. The number of aryl methyl sites for hydroxylation is 2. The smallest absolute Gasteiger partial charge is 0.249 e. The molecule has 1 saturated heterocycles. The number of aromatic nitrogens is 2. The fourth-order valence-electron chi connectivity index (χ4n) is 4.22. The average molecular weight is 454 g/mol. The number of rotatable bonds is 7. The Bertz CT molecular complexity index is 1280. The normalized spacial score (nSPS) is 15.6. The summed E-state index contributed by atoms with van der Waals surface area (Å²) < 4.78 is 11.5. The first-order valence-electron chi connectivity index (χ1n) is 11.5. The summed E-state index contributed by atoms with van der Waals surface area (Å²) in [5, 5.41) is 4.18. The van der Waals surface area contributed by atoms with E-state index in [1.807, 2.05) is 59.5 Å². The molecule has 5 rings (SSSR count). The number of ether oxygens (including phenoxy) is 1. The molecule has 0 radical (unpaired) electrons. The summed E-state index contributed by atoms with van der Waals surface area (Å²) in [5.41, 5.74) is 5.52. The lowest BCUT2D eigenvalue weighted by Gasteiger charge is -2.22. The minimum atomic E-state index is -0.205. The summed E-state index contributed by atoms with van der Waals surface area (Å²) in [6.07, 6.45) is 1.16. The van der Waals surface area contributed by atoms with Gasteiger partial charge in [0.1, 0.15) is 18.4 Å². The number of hydrogen-bond donors (Lipinski definition) is 0. The van der Waals surface area contributed by atoms with Gasteiger partial charge in [-0.05, 0) is 66.8 Å². The Balaban J connectivity index is 1.27. The van der Waals surface area contributed by atoms with Crippen molar-refractivity contribution in [2.45, 2.75) is 45.9 Å². The van der Waals surface area contributed by atoms with Crippen LogP contribution in [0.25, 0.3) is 11.4 Å². The summed E-state index contributed by atoms with van der Waals surface area (Å²) in [5.74, 6) is 1.88. The molecule has 1 atom stereocenters. The Morgan fingerprint density at radius 3 is 2.53 bits per heavy atom. The number of likely N-dealkylation sites (tertiary alicyclic amines) is 1. The van der Waals surface area contributed by atoms with E-state index in [2.05, 4.69) is 42.2 Å². The van der Waals surface area contributed by atoms with Gasteiger partial charge in [-0.1, -0.05) is 53.7 Å². The van der Waals surface area contributed by atoms with Gasteiger partial charge in [-0.2, -0.15) is 4.98 Å². The largest absolute Gasteiger partial charge is 0.489 e. The lowest BCUT2D eigenvalue weighted by Crippen LogP contribution is -2.27. The maximum atomic E-state index is 12.6. The van der Waals surface area contributed by atoms with Crippen molar-refractivity contribution in [1.29, 1.82) is 0 Å². The zero-order valence-corrected chi connectivity index (χ0v) is 19.4. The molecule has 34 heavy (non-hydrogen) atoms. The molecule has 0 spiro atoms. The van der Waals surface area contributed by atoms with Gasteiger partial charge in [0, 0.05) is 18.5 Å². The fourth-order valence-corrected chi connectivity index (χ4v) is 4.22. The van der Waals surface area contributed by atoms with Crippen molar-refractivity contribution in [1.82, 2.24) is 15.0 Å². The third-order valence-corrected chi connectivity index (χ3v) is 6.34. The molecule has 0 N–H and O–H groups in total. The standard InChI is InChI=1S/C28H27N3O3/c1-19-8-9-22(16-20(19)2)17-31-25(14-15-26(31)32)28-29-27(30-34-28)23-10-12-24(13-11-23)33-18-21-6-4-3-5-7-21/h3-13,16,25H,14-15,17-18H2,1-2H3. The lowest BCUT2D eigenvalue weighted by molar-refractivity contribution is -0.130. The molecular weight excluding hydrogens is 426 g/mol. The summed E-state index contributed by atoms with van der Waals surface area (Å²) in [6, 6.07) is 23.8. The van der Waals surface area contributed by atoms with Gasteiger partial charge in [0.2, 0.25) is 17.6 Å². The highest BCUT2D eigenvalue weighted by Gasteiger charge is 2.36. The third-order valence-electron chi connectivity index (χ3n) is 6.34. The minimum absolute atomic E-state index is 0.114. The zero-order chi connectivity index (χ0) is 23.5. The molecule has 1 aliphatic rings. The molecule has 172 valence electrons. The number of benzene rings is 3. The van der Waals surface area contributed by atoms with Crippen LogP contribution in [-0.4, -0.2) is 20.9 Å². The summed E-state index contributed by atoms with van der Waals surface area (Å²) in [4.78, 5) is 19.1. The third kappa shape index (κ3) is 4.71. The van der Waals surface area contributed by atoms with Gasteiger partial charge in [-0.3, -0.25) is 4.79 Å². The van der Waals surface area contributed by atoms with Crippen LogP contribution in [0.1, 0.15) is 47.0 Å². The summed E-state index contributed by atoms with van der Waals surface area (Å²) in [7, 11) is 0. The monoisotopic (exact) mass is 453 g/mol. The molecular formula is C28H27N3O3. The first-order chi connectivity index (χ1) is 16.6. The molecule has 3 aromatic carbocycles. The molecule has 6 nitrogen and oxygen atoms in total. The van der Waals surface area contributed by atoms with Crippen LogP contribution in [-0.2, 0) is 17.9 Å². The van der Waals surface area contributed by atoms with Gasteiger partial charge in [0.05, 0.1) is 0 Å². The molecule has 1 unspecified atom stereocenters. The molecule has 4 aromatic rings. The second-order valence-corrected chi connectivity index (χ2v) is 8.75. The Hall–Kier alpha value is -3.93. The fraction of sp³-hybridized carbons (Fsp3) is 0.250. The molecule has 2 heterocycles. The highest BCUT2D eigenvalue weighted by Crippen LogP contribution is 2.34. The van der Waals surface area contributed by atoms with Crippen LogP contribution in [0.15, 0.2) is 77.3 Å². The van der Waals surface area contributed by atoms with Crippen molar-refractivity contribution >= 4 is 5.91 Å². The van der Waals surface area contributed by atoms with Crippen molar-refractivity contribution in [2.24, 2.45) is 0 Å². The van der Waals surface area contributed by atoms with Crippen molar-refractivity contribution < 1.29 is 14.1 Å². The van der Waals surface area contributed by atoms with Crippen LogP contribution in [0, 0.1) is 13.8 Å². The molecule has 1 amide bonds. The summed E-state index contributed by atoms with van der Waals surface area (Å²) >= 11 is 0. The first kappa shape index (κ1) is 21.9. The van der Waals surface area contributed by atoms with Crippen LogP contribution in [0.2, 0.25) is 0 Å². The van der Waals surface area contributed by atoms with E-state index < -0.39 is 0 Å². The van der Waals surface area contributed by atoms with Crippen molar-refractivity contribution in [2.75, 3.05) is 0 Å². The highest BCUT2D eigenvalue weighted by molar-refractivity contribution is 5.79. The van der Waals surface area contributed by atoms with Gasteiger partial charge in [-0.15, -0.1) is 0 Å². The Kier molecular flexibility index (Phi) is 6.12. The molecule has 0 bridgehead atoms. The maximum absolute atomic E-state index is 12.6. The number of carbonyl (C=O) groups is 1. The van der Waals surface area contributed by atoms with E-state index >= 15 is 0 Å². The second-order valence-electron chi connectivity index (χ2n) is 8.75. The maximum Gasteiger partial charge on any atom is 0.249 e. The van der Waals surface area contributed by atoms with E-state index in [0.717, 1.165) is 22.4 Å². The van der Waals surface area contributed by atoms with Crippen LogP contribution in [0.5, 0.6) is 5.75 Å². The Morgan fingerprint density at radius 2 is 1.76 bits per heavy atom. The van der Waals surface area contributed by atoms with Crippen molar-refractivity contribution in [3.63, 3.8) is 0 Å². The topological polar surface area (TPSA) is 68.5 Å². The second kappa shape index (κ2) is 9.51. The van der Waals surface area contributed by atoms with Crippen molar-refractivity contribution in [3.8, 4) is 17.1 Å². The predicted molar refractivity (Wildman–Crippen MR) is 129 cm³/mol. The van der Waals surface area contributed by atoms with Crippen molar-refractivity contribution in [3.05, 3.63) is 101 Å². The molecule has 0 saturated carbocycles. The molecule has 1 fully saturated rings. The lowest BCUT2D eigenvalue weighted by atomic mass is 10.1. The Labute approximate surface area is 199 Å². The van der Waals surface area contributed by atoms with Gasteiger partial charge in [0.15, 0.2) is 0 Å². The van der Waals surface area contributed by atoms with E-state index in [1.165, 1.54) is 11.1 Å². The average Bonchev–Trinajstić information content (AvgIpc) is 3.48. The number of amides is 1. The zero-order valence-electron chi connectivity index (χ0n) is 19.4. The van der Waals surface area contributed by atoms with Gasteiger partial charge < -0.3 is 14.2 Å². The number of hydrogen-bond acceptors (Lipinski definition) is 5. The first-order valence-corrected chi connectivity index (χ1v) is 11.5. The van der Waals surface area contributed by atoms with Crippen LogP contribution < -0.4 is 4.74 Å². The Morgan fingerprint density at radius 1 is 0.971 bits per heavy atom.